The summed E-state index contributed by atoms with van der Waals surface area (Å²) >= 11 is 0. The minimum atomic E-state index is -1.54. The van der Waals surface area contributed by atoms with Gasteiger partial charge in [0.05, 0.1) is 20.3 Å². The maximum atomic E-state index is 12.1. The van der Waals surface area contributed by atoms with Crippen molar-refractivity contribution in [3.63, 3.8) is 0 Å². The molecule has 200 valence electrons. The number of ether oxygens (including phenoxy) is 4. The van der Waals surface area contributed by atoms with E-state index in [9.17, 15) is 25.2 Å². The Kier molecular flexibility index (Phi) is 12.8. The molecule has 1 aromatic rings. The van der Waals surface area contributed by atoms with Crippen LogP contribution >= 0.6 is 0 Å². The summed E-state index contributed by atoms with van der Waals surface area (Å²) in [6.07, 6.45) is 0.668. The van der Waals surface area contributed by atoms with Crippen molar-refractivity contribution in [3.8, 4) is 11.5 Å². The van der Waals surface area contributed by atoms with Gasteiger partial charge in [-0.1, -0.05) is 52.0 Å². The van der Waals surface area contributed by atoms with Crippen LogP contribution in [0.5, 0.6) is 11.5 Å². The van der Waals surface area contributed by atoms with Crippen molar-refractivity contribution in [3.05, 3.63) is 23.8 Å². The molecule has 1 heterocycles. The van der Waals surface area contributed by atoms with Gasteiger partial charge in [0.25, 0.3) is 0 Å². The Hall–Kier alpha value is -1.91. The van der Waals surface area contributed by atoms with E-state index in [1.54, 1.807) is 18.2 Å². The molecule has 1 aliphatic heterocycles. The molecule has 0 spiro atoms. The fraction of sp³-hybridized carbons (Fsp3) is 0.731. The lowest BCUT2D eigenvalue weighted by atomic mass is 9.99. The van der Waals surface area contributed by atoms with Gasteiger partial charge in [0.1, 0.15) is 24.4 Å². The number of carbonyl (C=O) groups excluding carboxylic acids is 1. The molecule has 9 heteroatoms. The molecule has 4 N–H and O–H groups in total. The van der Waals surface area contributed by atoms with E-state index in [0.29, 0.717) is 18.8 Å². The van der Waals surface area contributed by atoms with E-state index in [-0.39, 0.29) is 18.1 Å². The second kappa shape index (κ2) is 15.3. The van der Waals surface area contributed by atoms with E-state index in [0.717, 1.165) is 24.3 Å². The molecule has 5 atom stereocenters. The quantitative estimate of drug-likeness (QED) is 0.212. The van der Waals surface area contributed by atoms with E-state index in [2.05, 4.69) is 13.8 Å². The van der Waals surface area contributed by atoms with Gasteiger partial charge in [0.15, 0.2) is 11.5 Å². The lowest BCUT2D eigenvalue weighted by molar-refractivity contribution is -0.277. The first-order chi connectivity index (χ1) is 16.8. The number of carbonyl (C=O) groups is 1. The monoisotopic (exact) mass is 498 g/mol. The van der Waals surface area contributed by atoms with Crippen LogP contribution in [0.3, 0.4) is 0 Å². The normalized spacial score (nSPS) is 24.4. The van der Waals surface area contributed by atoms with E-state index >= 15 is 0 Å². The molecule has 2 rings (SSSR count). The van der Waals surface area contributed by atoms with Gasteiger partial charge < -0.3 is 39.4 Å². The summed E-state index contributed by atoms with van der Waals surface area (Å²) < 4.78 is 21.7. The summed E-state index contributed by atoms with van der Waals surface area (Å²) in [5, 5.41) is 39.3. The van der Waals surface area contributed by atoms with Crippen molar-refractivity contribution in [2.24, 2.45) is 5.92 Å². The molecule has 1 saturated heterocycles. The molecular weight excluding hydrogens is 456 g/mol. The minimum absolute atomic E-state index is 0.241. The number of unbranched alkanes of at least 4 members (excludes halogenated alkanes) is 4. The lowest BCUT2D eigenvalue weighted by Crippen LogP contribution is -2.60. The molecule has 0 amide bonds. The highest BCUT2D eigenvalue weighted by atomic mass is 16.7. The van der Waals surface area contributed by atoms with E-state index in [1.807, 2.05) is 0 Å². The zero-order valence-electron chi connectivity index (χ0n) is 21.1. The van der Waals surface area contributed by atoms with Gasteiger partial charge in [-0.2, -0.15) is 0 Å². The molecule has 0 radical (unpaired) electrons. The minimum Gasteiger partial charge on any atom is -0.493 e. The highest BCUT2D eigenvalue weighted by Gasteiger charge is 2.44. The number of aliphatic hydroxyl groups is 4. The molecule has 35 heavy (non-hydrogen) atoms. The average molecular weight is 499 g/mol. The van der Waals surface area contributed by atoms with Crippen LogP contribution in [0.4, 0.5) is 0 Å². The SMILES string of the molecule is COc1cc(CCC(=O)OCCCCCCCC(C)C)ccc1O[C@@H]1O[C@H](CO)[C@@H](O)[C@H](O)[C@H]1O. The summed E-state index contributed by atoms with van der Waals surface area (Å²) in [7, 11) is 1.45. The third-order valence-corrected chi connectivity index (χ3v) is 6.13. The van der Waals surface area contributed by atoms with Gasteiger partial charge in [-0.15, -0.1) is 0 Å². The summed E-state index contributed by atoms with van der Waals surface area (Å²) in [6, 6.07) is 5.08. The summed E-state index contributed by atoms with van der Waals surface area (Å²) in [5.74, 6) is 1.11. The topological polar surface area (TPSA) is 135 Å². The zero-order chi connectivity index (χ0) is 25.8. The molecular formula is C26H42O9. The predicted molar refractivity (Wildman–Crippen MR) is 129 cm³/mol. The van der Waals surface area contributed by atoms with Gasteiger partial charge in [-0.25, -0.2) is 0 Å². The fourth-order valence-corrected chi connectivity index (χ4v) is 3.94. The Morgan fingerprint density at radius 3 is 2.40 bits per heavy atom. The summed E-state index contributed by atoms with van der Waals surface area (Å²) in [6.45, 7) is 4.37. The average Bonchev–Trinajstić information content (AvgIpc) is 2.84. The third-order valence-electron chi connectivity index (χ3n) is 6.13. The van der Waals surface area contributed by atoms with Crippen molar-refractivity contribution >= 4 is 5.97 Å². The van der Waals surface area contributed by atoms with Crippen LogP contribution in [-0.4, -0.2) is 77.4 Å². The standard InChI is InChI=1S/C26H42O9/c1-17(2)9-7-5-4-6-8-14-33-22(28)13-11-18-10-12-19(20(15-18)32-3)34-26-25(31)24(30)23(29)21(16-27)35-26/h10,12,15,17,21,23-27,29-31H,4-9,11,13-14,16H2,1-3H3/t21-,23-,24+,25-,26-/m1/s1. The molecule has 0 aromatic heterocycles. The number of benzene rings is 1. The summed E-state index contributed by atoms with van der Waals surface area (Å²) in [4.78, 5) is 12.1. The molecule has 1 fully saturated rings. The van der Waals surface area contributed by atoms with E-state index in [1.165, 1.54) is 32.8 Å². The Morgan fingerprint density at radius 1 is 1.00 bits per heavy atom. The van der Waals surface area contributed by atoms with E-state index < -0.39 is 37.3 Å². The molecule has 9 nitrogen and oxygen atoms in total. The van der Waals surface area contributed by atoms with Crippen molar-refractivity contribution in [2.75, 3.05) is 20.3 Å². The third kappa shape index (κ3) is 9.57. The predicted octanol–water partition coefficient (Wildman–Crippen LogP) is 2.35. The van der Waals surface area contributed by atoms with Gasteiger partial charge >= 0.3 is 5.97 Å². The van der Waals surface area contributed by atoms with Crippen LogP contribution in [0.15, 0.2) is 18.2 Å². The Morgan fingerprint density at radius 2 is 1.71 bits per heavy atom. The zero-order valence-corrected chi connectivity index (χ0v) is 21.1. The Balaban J connectivity index is 1.77. The second-order valence-electron chi connectivity index (χ2n) is 9.47. The number of methoxy groups -OCH3 is 1. The maximum Gasteiger partial charge on any atom is 0.306 e. The molecule has 1 aliphatic rings. The smallest absolute Gasteiger partial charge is 0.306 e. The van der Waals surface area contributed by atoms with Gasteiger partial charge in [0.2, 0.25) is 6.29 Å². The van der Waals surface area contributed by atoms with Gasteiger partial charge in [0, 0.05) is 6.42 Å². The first-order valence-electron chi connectivity index (χ1n) is 12.6. The van der Waals surface area contributed by atoms with Crippen LogP contribution in [0, 0.1) is 5.92 Å². The number of hydrogen-bond donors (Lipinski definition) is 4. The van der Waals surface area contributed by atoms with Crippen LogP contribution in [-0.2, 0) is 20.7 Å². The first kappa shape index (κ1) is 29.3. The Labute approximate surface area is 208 Å². The number of hydrogen-bond acceptors (Lipinski definition) is 9. The van der Waals surface area contributed by atoms with Gasteiger partial charge in [-0.05, 0) is 36.5 Å². The maximum absolute atomic E-state index is 12.1. The highest BCUT2D eigenvalue weighted by Crippen LogP contribution is 2.32. The van der Waals surface area contributed by atoms with Crippen molar-refractivity contribution in [1.82, 2.24) is 0 Å². The van der Waals surface area contributed by atoms with Crippen LogP contribution in [0.25, 0.3) is 0 Å². The molecule has 1 aromatic carbocycles. The van der Waals surface area contributed by atoms with Crippen LogP contribution < -0.4 is 9.47 Å². The number of aryl methyl sites for hydroxylation is 1. The highest BCUT2D eigenvalue weighted by molar-refractivity contribution is 5.69. The number of esters is 1. The second-order valence-corrected chi connectivity index (χ2v) is 9.47. The number of aliphatic hydroxyl groups excluding tert-OH is 4. The van der Waals surface area contributed by atoms with Crippen molar-refractivity contribution in [2.45, 2.75) is 95.9 Å². The van der Waals surface area contributed by atoms with Gasteiger partial charge in [-0.3, -0.25) is 4.79 Å². The number of rotatable bonds is 15. The van der Waals surface area contributed by atoms with Crippen LogP contribution in [0.1, 0.15) is 64.4 Å². The van der Waals surface area contributed by atoms with Crippen LogP contribution in [0.2, 0.25) is 0 Å². The lowest BCUT2D eigenvalue weighted by Gasteiger charge is -2.39. The molecule has 0 saturated carbocycles. The summed E-state index contributed by atoms with van der Waals surface area (Å²) in [5.41, 5.74) is 0.838. The molecule has 0 bridgehead atoms. The molecule has 0 unspecified atom stereocenters. The molecule has 0 aliphatic carbocycles. The fourth-order valence-electron chi connectivity index (χ4n) is 3.94. The van der Waals surface area contributed by atoms with E-state index in [4.69, 9.17) is 18.9 Å². The first-order valence-corrected chi connectivity index (χ1v) is 12.6. The van der Waals surface area contributed by atoms with Crippen molar-refractivity contribution in [1.29, 1.82) is 0 Å². The largest absolute Gasteiger partial charge is 0.493 e. The van der Waals surface area contributed by atoms with Crippen molar-refractivity contribution < 1.29 is 44.2 Å². The Bertz CT molecular complexity index is 752.